The van der Waals surface area contributed by atoms with E-state index in [1.165, 1.54) is 24.3 Å². The monoisotopic (exact) mass is 290 g/mol. The molecule has 1 saturated heterocycles. The van der Waals surface area contributed by atoms with Crippen molar-refractivity contribution in [3.8, 4) is 0 Å². The van der Waals surface area contributed by atoms with Crippen molar-refractivity contribution in [1.29, 1.82) is 0 Å². The number of aliphatic hydroxyl groups is 1. The van der Waals surface area contributed by atoms with E-state index in [2.05, 4.69) is 4.18 Å². The minimum absolute atomic E-state index is 0.131. The van der Waals surface area contributed by atoms with Gasteiger partial charge in [-0.3, -0.25) is 4.18 Å². The number of rotatable bonds is 4. The molecular weight excluding hydrogens is 275 g/mol. The van der Waals surface area contributed by atoms with E-state index in [9.17, 15) is 17.9 Å². The van der Waals surface area contributed by atoms with Gasteiger partial charge in [0.05, 0.1) is 25.1 Å². The molecule has 1 aliphatic rings. The largest absolute Gasteiger partial charge is 0.390 e. The van der Waals surface area contributed by atoms with E-state index in [0.717, 1.165) is 6.26 Å². The molecule has 0 spiro atoms. The van der Waals surface area contributed by atoms with Crippen molar-refractivity contribution in [2.75, 3.05) is 12.9 Å². The zero-order chi connectivity index (χ0) is 14.0. The molecule has 1 heterocycles. The van der Waals surface area contributed by atoms with Gasteiger partial charge in [0.2, 0.25) is 0 Å². The first-order valence-electron chi connectivity index (χ1n) is 5.78. The quantitative estimate of drug-likeness (QED) is 0.837. The topological polar surface area (TPSA) is 72.8 Å². The van der Waals surface area contributed by atoms with Crippen molar-refractivity contribution in [3.05, 3.63) is 35.6 Å². The van der Waals surface area contributed by atoms with Gasteiger partial charge in [0.15, 0.2) is 0 Å². The molecule has 19 heavy (non-hydrogen) atoms. The molecule has 0 aliphatic carbocycles. The van der Waals surface area contributed by atoms with Gasteiger partial charge in [0.25, 0.3) is 10.1 Å². The van der Waals surface area contributed by atoms with Crippen LogP contribution in [0.15, 0.2) is 24.3 Å². The van der Waals surface area contributed by atoms with E-state index in [4.69, 9.17) is 4.74 Å². The molecule has 5 nitrogen and oxygen atoms in total. The van der Waals surface area contributed by atoms with Crippen LogP contribution < -0.4 is 0 Å². The van der Waals surface area contributed by atoms with Crippen molar-refractivity contribution in [1.82, 2.24) is 0 Å². The van der Waals surface area contributed by atoms with Crippen LogP contribution >= 0.6 is 0 Å². The second kappa shape index (κ2) is 5.54. The van der Waals surface area contributed by atoms with Gasteiger partial charge >= 0.3 is 0 Å². The van der Waals surface area contributed by atoms with Crippen LogP contribution in [-0.4, -0.2) is 38.6 Å². The zero-order valence-electron chi connectivity index (χ0n) is 10.3. The molecule has 0 unspecified atom stereocenters. The first kappa shape index (κ1) is 14.4. The third-order valence-corrected chi connectivity index (χ3v) is 3.42. The fourth-order valence-corrected chi connectivity index (χ4v) is 2.41. The third kappa shape index (κ3) is 3.97. The number of benzene rings is 1. The summed E-state index contributed by atoms with van der Waals surface area (Å²) >= 11 is 0. The number of hydrogen-bond donors (Lipinski definition) is 1. The Morgan fingerprint density at radius 1 is 1.42 bits per heavy atom. The van der Waals surface area contributed by atoms with Gasteiger partial charge in [-0.2, -0.15) is 8.42 Å². The molecule has 7 heteroatoms. The van der Waals surface area contributed by atoms with Gasteiger partial charge in [-0.1, -0.05) is 12.1 Å². The van der Waals surface area contributed by atoms with Gasteiger partial charge in [-0.25, -0.2) is 4.39 Å². The van der Waals surface area contributed by atoms with Crippen LogP contribution in [0, 0.1) is 5.82 Å². The lowest BCUT2D eigenvalue weighted by molar-refractivity contribution is -0.00571. The van der Waals surface area contributed by atoms with Crippen molar-refractivity contribution in [3.63, 3.8) is 0 Å². The van der Waals surface area contributed by atoms with Crippen molar-refractivity contribution < 1.29 is 26.8 Å². The first-order valence-corrected chi connectivity index (χ1v) is 7.60. The molecule has 1 N–H and O–H groups in total. The van der Waals surface area contributed by atoms with E-state index >= 15 is 0 Å². The maximum absolute atomic E-state index is 12.8. The maximum Gasteiger partial charge on any atom is 0.264 e. The van der Waals surface area contributed by atoms with E-state index in [1.807, 2.05) is 0 Å². The summed E-state index contributed by atoms with van der Waals surface area (Å²) in [6, 6.07) is 5.63. The fraction of sp³-hybridized carbons (Fsp3) is 0.500. The molecule has 0 saturated carbocycles. The molecule has 1 aliphatic heterocycles. The van der Waals surface area contributed by atoms with Crippen molar-refractivity contribution >= 4 is 10.1 Å². The minimum Gasteiger partial charge on any atom is -0.390 e. The smallest absolute Gasteiger partial charge is 0.264 e. The average Bonchev–Trinajstić information content (AvgIpc) is 2.68. The Kier molecular flexibility index (Phi) is 4.19. The Morgan fingerprint density at radius 3 is 2.63 bits per heavy atom. The normalized spacial score (nSPS) is 27.6. The fourth-order valence-electron chi connectivity index (χ4n) is 2.01. The number of hydrogen-bond acceptors (Lipinski definition) is 5. The number of aliphatic hydroxyl groups excluding tert-OH is 1. The lowest BCUT2D eigenvalue weighted by atomic mass is 10.0. The number of halogens is 1. The Morgan fingerprint density at radius 2 is 2.05 bits per heavy atom. The summed E-state index contributed by atoms with van der Waals surface area (Å²) in [6.07, 6.45) is -0.625. The third-order valence-electron chi connectivity index (χ3n) is 2.86. The minimum atomic E-state index is -3.53. The SMILES string of the molecule is CS(=O)(=O)OC[C@@H]1C[C@H](O)[C@H](c2ccc(F)cc2)O1. The Balaban J connectivity index is 1.99. The average molecular weight is 290 g/mol. The zero-order valence-corrected chi connectivity index (χ0v) is 11.1. The standard InChI is InChI=1S/C12H15FO5S/c1-19(15,16)17-7-10-6-11(14)12(18-10)8-2-4-9(13)5-3-8/h2-5,10-12,14H,6-7H2,1H3/t10-,11-,12-/m0/s1. The highest BCUT2D eigenvalue weighted by Crippen LogP contribution is 2.33. The molecule has 1 fully saturated rings. The van der Waals surface area contributed by atoms with E-state index in [1.54, 1.807) is 0 Å². The molecule has 0 bridgehead atoms. The summed E-state index contributed by atoms with van der Waals surface area (Å²) in [6.45, 7) is -0.131. The molecule has 3 atom stereocenters. The van der Waals surface area contributed by atoms with E-state index < -0.39 is 28.4 Å². The molecule has 1 aromatic rings. The Labute approximate surface area is 111 Å². The predicted octanol–water partition coefficient (Wildman–Crippen LogP) is 0.993. The summed E-state index contributed by atoms with van der Waals surface area (Å²) in [5.41, 5.74) is 0.649. The maximum atomic E-state index is 12.8. The second-order valence-corrected chi connectivity index (χ2v) is 6.17. The highest BCUT2D eigenvalue weighted by molar-refractivity contribution is 7.85. The molecule has 0 radical (unpaired) electrons. The predicted molar refractivity (Wildman–Crippen MR) is 65.4 cm³/mol. The molecule has 106 valence electrons. The summed E-state index contributed by atoms with van der Waals surface area (Å²) < 4.78 is 44.7. The van der Waals surface area contributed by atoms with Crippen LogP contribution in [0.25, 0.3) is 0 Å². The summed E-state index contributed by atoms with van der Waals surface area (Å²) in [7, 11) is -3.53. The highest BCUT2D eigenvalue weighted by atomic mass is 32.2. The molecule has 1 aromatic carbocycles. The van der Waals surface area contributed by atoms with Gasteiger partial charge in [0.1, 0.15) is 11.9 Å². The molecular formula is C12H15FO5S. The van der Waals surface area contributed by atoms with Crippen LogP contribution in [0.4, 0.5) is 4.39 Å². The van der Waals surface area contributed by atoms with Crippen molar-refractivity contribution in [2.45, 2.75) is 24.7 Å². The van der Waals surface area contributed by atoms with Crippen LogP contribution in [0.3, 0.4) is 0 Å². The Hall–Kier alpha value is -1.02. The van der Waals surface area contributed by atoms with Crippen LogP contribution in [-0.2, 0) is 19.0 Å². The molecule has 0 aromatic heterocycles. The van der Waals surface area contributed by atoms with Crippen LogP contribution in [0.1, 0.15) is 18.1 Å². The van der Waals surface area contributed by atoms with Gasteiger partial charge < -0.3 is 9.84 Å². The van der Waals surface area contributed by atoms with Crippen LogP contribution in [0.2, 0.25) is 0 Å². The van der Waals surface area contributed by atoms with E-state index in [-0.39, 0.29) is 18.8 Å². The molecule has 2 rings (SSSR count). The van der Waals surface area contributed by atoms with Crippen LogP contribution in [0.5, 0.6) is 0 Å². The summed E-state index contributed by atoms with van der Waals surface area (Å²) in [5, 5.41) is 9.89. The number of ether oxygens (including phenoxy) is 1. The second-order valence-electron chi connectivity index (χ2n) is 4.52. The van der Waals surface area contributed by atoms with Gasteiger partial charge in [-0.15, -0.1) is 0 Å². The first-order chi connectivity index (χ1) is 8.85. The lowest BCUT2D eigenvalue weighted by Crippen LogP contribution is -2.17. The van der Waals surface area contributed by atoms with Crippen molar-refractivity contribution in [2.24, 2.45) is 0 Å². The lowest BCUT2D eigenvalue weighted by Gasteiger charge is -2.15. The highest BCUT2D eigenvalue weighted by Gasteiger charge is 2.35. The van der Waals surface area contributed by atoms with Gasteiger partial charge in [0, 0.05) is 6.42 Å². The summed E-state index contributed by atoms with van der Waals surface area (Å²) in [5.74, 6) is -0.367. The summed E-state index contributed by atoms with van der Waals surface area (Å²) in [4.78, 5) is 0. The molecule has 0 amide bonds. The van der Waals surface area contributed by atoms with E-state index in [0.29, 0.717) is 5.56 Å². The van der Waals surface area contributed by atoms with Gasteiger partial charge in [-0.05, 0) is 17.7 Å². The Bertz CT molecular complexity index is 528.